The summed E-state index contributed by atoms with van der Waals surface area (Å²) in [6.07, 6.45) is 0.392. The van der Waals surface area contributed by atoms with Crippen LogP contribution in [0, 0.1) is 5.41 Å². The van der Waals surface area contributed by atoms with Gasteiger partial charge >= 0.3 is 0 Å². The van der Waals surface area contributed by atoms with E-state index in [4.69, 9.17) is 34.8 Å². The summed E-state index contributed by atoms with van der Waals surface area (Å²) in [5.41, 5.74) is 5.62. The molecule has 0 aliphatic carbocycles. The fourth-order valence-corrected chi connectivity index (χ4v) is 2.23. The van der Waals surface area contributed by atoms with Crippen molar-refractivity contribution in [3.63, 3.8) is 0 Å². The summed E-state index contributed by atoms with van der Waals surface area (Å²) in [6.45, 7) is 5.94. The lowest BCUT2D eigenvalue weighted by molar-refractivity contribution is -0.122. The predicted octanol–water partition coefficient (Wildman–Crippen LogP) is 4.53. The maximum Gasteiger partial charge on any atom is 0.238 e. The van der Waals surface area contributed by atoms with E-state index in [-0.39, 0.29) is 11.3 Å². The van der Waals surface area contributed by atoms with Crippen molar-refractivity contribution < 1.29 is 4.79 Å². The second-order valence-electron chi connectivity index (χ2n) is 5.16. The summed E-state index contributed by atoms with van der Waals surface area (Å²) < 4.78 is 0. The molecule has 2 N–H and O–H groups in total. The third-order valence-electron chi connectivity index (χ3n) is 2.02. The second-order valence-corrected chi connectivity index (χ2v) is 6.41. The van der Waals surface area contributed by atoms with E-state index in [9.17, 15) is 4.79 Å². The van der Waals surface area contributed by atoms with E-state index in [2.05, 4.69) is 10.9 Å². The van der Waals surface area contributed by atoms with Gasteiger partial charge in [-0.1, -0.05) is 55.6 Å². The molecule has 0 aromatic heterocycles. The van der Waals surface area contributed by atoms with E-state index >= 15 is 0 Å². The Morgan fingerprint density at radius 1 is 1.17 bits per heavy atom. The number of rotatable bonds is 3. The largest absolute Gasteiger partial charge is 0.296 e. The van der Waals surface area contributed by atoms with Crippen LogP contribution < -0.4 is 10.9 Å². The molecule has 0 unspecified atom stereocenters. The highest BCUT2D eigenvalue weighted by Gasteiger charge is 2.16. The summed E-state index contributed by atoms with van der Waals surface area (Å²) in [6, 6.07) is 3.10. The van der Waals surface area contributed by atoms with Crippen molar-refractivity contribution in [3.05, 3.63) is 27.2 Å². The van der Waals surface area contributed by atoms with Gasteiger partial charge in [0.15, 0.2) is 0 Å². The van der Waals surface area contributed by atoms with E-state index < -0.39 is 0 Å². The normalized spacial score (nSPS) is 11.2. The topological polar surface area (TPSA) is 41.1 Å². The Morgan fingerprint density at radius 2 is 1.67 bits per heavy atom. The number of benzene rings is 1. The molecule has 1 rings (SSSR count). The average Bonchev–Trinajstić information content (AvgIpc) is 2.12. The third-order valence-corrected chi connectivity index (χ3v) is 2.84. The molecule has 0 saturated heterocycles. The highest BCUT2D eigenvalue weighted by atomic mass is 35.5. The molecular formula is C12H15Cl3N2O. The van der Waals surface area contributed by atoms with Gasteiger partial charge in [-0.05, 0) is 17.5 Å². The van der Waals surface area contributed by atoms with E-state index in [0.717, 1.165) is 0 Å². The molecule has 3 nitrogen and oxygen atoms in total. The lowest BCUT2D eigenvalue weighted by Crippen LogP contribution is -2.32. The van der Waals surface area contributed by atoms with E-state index in [0.29, 0.717) is 27.2 Å². The van der Waals surface area contributed by atoms with E-state index in [1.165, 1.54) is 0 Å². The van der Waals surface area contributed by atoms with Gasteiger partial charge in [0.05, 0.1) is 15.7 Å². The average molecular weight is 310 g/mol. The Labute approximate surface area is 122 Å². The molecule has 1 aromatic carbocycles. The molecule has 18 heavy (non-hydrogen) atoms. The van der Waals surface area contributed by atoms with Crippen molar-refractivity contribution >= 4 is 46.4 Å². The summed E-state index contributed by atoms with van der Waals surface area (Å²) in [7, 11) is 0. The number of hydrogen-bond donors (Lipinski definition) is 2. The Hall–Kier alpha value is -0.640. The highest BCUT2D eigenvalue weighted by molar-refractivity contribution is 6.41. The second kappa shape index (κ2) is 6.00. The summed E-state index contributed by atoms with van der Waals surface area (Å²) in [5.74, 6) is -0.135. The summed E-state index contributed by atoms with van der Waals surface area (Å²) >= 11 is 17.7. The van der Waals surface area contributed by atoms with Crippen molar-refractivity contribution in [2.24, 2.45) is 5.41 Å². The number of hydrogen-bond acceptors (Lipinski definition) is 2. The highest BCUT2D eigenvalue weighted by Crippen LogP contribution is 2.33. The first kappa shape index (κ1) is 15.4. The zero-order chi connectivity index (χ0) is 13.9. The van der Waals surface area contributed by atoms with E-state index in [1.54, 1.807) is 12.1 Å². The number of carbonyl (C=O) groups excluding carboxylic acids is 1. The van der Waals surface area contributed by atoms with Crippen LogP contribution in [0.15, 0.2) is 12.1 Å². The minimum absolute atomic E-state index is 0.0840. The molecule has 0 radical (unpaired) electrons. The molecule has 1 amide bonds. The zero-order valence-electron chi connectivity index (χ0n) is 10.4. The van der Waals surface area contributed by atoms with Gasteiger partial charge in [0.25, 0.3) is 0 Å². The fourth-order valence-electron chi connectivity index (χ4n) is 1.32. The molecule has 6 heteroatoms. The van der Waals surface area contributed by atoms with Crippen LogP contribution in [-0.4, -0.2) is 5.91 Å². The molecule has 100 valence electrons. The Kier molecular flexibility index (Phi) is 5.14. The Morgan fingerprint density at radius 3 is 2.11 bits per heavy atom. The quantitative estimate of drug-likeness (QED) is 0.806. The SMILES string of the molecule is CC(C)(C)CC(=O)NNc1c(Cl)cc(Cl)cc1Cl. The van der Waals surface area contributed by atoms with Crippen LogP contribution in [-0.2, 0) is 4.79 Å². The number of nitrogens with one attached hydrogen (secondary N) is 2. The van der Waals surface area contributed by atoms with Crippen LogP contribution in [0.5, 0.6) is 0 Å². The lowest BCUT2D eigenvalue weighted by atomic mass is 9.92. The van der Waals surface area contributed by atoms with Crippen LogP contribution >= 0.6 is 34.8 Å². The Bertz CT molecular complexity index is 432. The monoisotopic (exact) mass is 308 g/mol. The maximum absolute atomic E-state index is 11.6. The molecule has 0 aliphatic rings. The first-order valence-corrected chi connectivity index (χ1v) is 6.52. The van der Waals surface area contributed by atoms with Crippen molar-refractivity contribution in [3.8, 4) is 0 Å². The van der Waals surface area contributed by atoms with Crippen LogP contribution in [0.1, 0.15) is 27.2 Å². The molecular weight excluding hydrogens is 295 g/mol. The maximum atomic E-state index is 11.6. The number of hydrazine groups is 1. The van der Waals surface area contributed by atoms with Crippen LogP contribution in [0.4, 0.5) is 5.69 Å². The minimum atomic E-state index is -0.135. The standard InChI is InChI=1S/C12H15Cl3N2O/c1-12(2,3)6-10(18)16-17-11-8(14)4-7(13)5-9(11)15/h4-5,17H,6H2,1-3H3,(H,16,18). The van der Waals surface area contributed by atoms with Gasteiger partial charge < -0.3 is 0 Å². The zero-order valence-corrected chi connectivity index (χ0v) is 12.7. The molecule has 0 atom stereocenters. The first-order valence-electron chi connectivity index (χ1n) is 5.38. The number of anilines is 1. The van der Waals surface area contributed by atoms with Gasteiger partial charge in [-0.15, -0.1) is 0 Å². The predicted molar refractivity (Wildman–Crippen MR) is 77.3 cm³/mol. The lowest BCUT2D eigenvalue weighted by Gasteiger charge is -2.18. The van der Waals surface area contributed by atoms with Gasteiger partial charge in [-0.2, -0.15) is 0 Å². The van der Waals surface area contributed by atoms with Crippen molar-refractivity contribution in [1.29, 1.82) is 0 Å². The first-order chi connectivity index (χ1) is 8.19. The molecule has 0 heterocycles. The molecule has 0 fully saturated rings. The van der Waals surface area contributed by atoms with Gasteiger partial charge in [0, 0.05) is 11.4 Å². The van der Waals surface area contributed by atoms with Gasteiger partial charge in [-0.3, -0.25) is 15.6 Å². The van der Waals surface area contributed by atoms with Crippen LogP contribution in [0.3, 0.4) is 0 Å². The van der Waals surface area contributed by atoms with Gasteiger partial charge in [-0.25, -0.2) is 0 Å². The van der Waals surface area contributed by atoms with Gasteiger partial charge in [0.2, 0.25) is 5.91 Å². The summed E-state index contributed by atoms with van der Waals surface area (Å²) in [4.78, 5) is 11.6. The fraction of sp³-hybridized carbons (Fsp3) is 0.417. The number of carbonyl (C=O) groups is 1. The molecule has 0 bridgehead atoms. The number of amides is 1. The van der Waals surface area contributed by atoms with E-state index in [1.807, 2.05) is 20.8 Å². The Balaban J connectivity index is 2.67. The van der Waals surface area contributed by atoms with Crippen molar-refractivity contribution in [2.45, 2.75) is 27.2 Å². The smallest absolute Gasteiger partial charge is 0.238 e. The van der Waals surface area contributed by atoms with Gasteiger partial charge in [0.1, 0.15) is 0 Å². The van der Waals surface area contributed by atoms with Crippen molar-refractivity contribution in [2.75, 3.05) is 5.43 Å². The van der Waals surface area contributed by atoms with Crippen LogP contribution in [0.2, 0.25) is 15.1 Å². The minimum Gasteiger partial charge on any atom is -0.296 e. The molecule has 1 aromatic rings. The van der Waals surface area contributed by atoms with Crippen molar-refractivity contribution in [1.82, 2.24) is 5.43 Å². The molecule has 0 spiro atoms. The molecule has 0 aliphatic heterocycles. The summed E-state index contributed by atoms with van der Waals surface area (Å²) in [5, 5.41) is 1.14. The number of halogens is 3. The third kappa shape index (κ3) is 4.92. The van der Waals surface area contributed by atoms with Crippen LogP contribution in [0.25, 0.3) is 0 Å². The molecule has 0 saturated carbocycles.